The van der Waals surface area contributed by atoms with E-state index in [4.69, 9.17) is 12.2 Å². The molecule has 0 aliphatic carbocycles. The highest BCUT2D eigenvalue weighted by Gasteiger charge is 2.09. The van der Waals surface area contributed by atoms with Crippen molar-refractivity contribution in [3.8, 4) is 17.1 Å². The summed E-state index contributed by atoms with van der Waals surface area (Å²) < 4.78 is 3.81. The predicted molar refractivity (Wildman–Crippen MR) is 108 cm³/mol. The minimum absolute atomic E-state index is 0.0447. The number of nitro groups is 1. The summed E-state index contributed by atoms with van der Waals surface area (Å²) >= 11 is 5.29. The van der Waals surface area contributed by atoms with E-state index < -0.39 is 4.92 Å². The second-order valence-corrected chi connectivity index (χ2v) is 6.24. The van der Waals surface area contributed by atoms with Crippen molar-refractivity contribution in [3.63, 3.8) is 0 Å². The lowest BCUT2D eigenvalue weighted by atomic mass is 10.2. The highest BCUT2D eigenvalue weighted by molar-refractivity contribution is 7.71. The van der Waals surface area contributed by atoms with Gasteiger partial charge in [-0.15, -0.1) is 0 Å². The Morgan fingerprint density at radius 1 is 1.07 bits per heavy atom. The monoisotopic (exact) mass is 390 g/mol. The molecule has 2 aromatic heterocycles. The van der Waals surface area contributed by atoms with E-state index in [1.54, 1.807) is 23.0 Å². The van der Waals surface area contributed by atoms with E-state index in [-0.39, 0.29) is 5.69 Å². The summed E-state index contributed by atoms with van der Waals surface area (Å²) in [5.74, 6) is 0.607. The lowest BCUT2D eigenvalue weighted by Crippen LogP contribution is -2.00. The molecule has 0 aliphatic rings. The minimum Gasteiger partial charge on any atom is -0.316 e. The lowest BCUT2D eigenvalue weighted by Gasteiger charge is -2.06. The molecule has 0 atom stereocenters. The van der Waals surface area contributed by atoms with Crippen LogP contribution in [-0.4, -0.2) is 30.6 Å². The number of non-ortho nitro benzene ring substituents is 1. The van der Waals surface area contributed by atoms with Gasteiger partial charge in [0.15, 0.2) is 5.82 Å². The van der Waals surface area contributed by atoms with Crippen LogP contribution in [0.25, 0.3) is 17.1 Å². The Morgan fingerprint density at radius 2 is 1.82 bits per heavy atom. The lowest BCUT2D eigenvalue weighted by molar-refractivity contribution is -0.384. The van der Waals surface area contributed by atoms with Crippen molar-refractivity contribution in [2.45, 2.75) is 0 Å². The van der Waals surface area contributed by atoms with Gasteiger partial charge in [0.1, 0.15) is 0 Å². The van der Waals surface area contributed by atoms with Crippen LogP contribution in [0.3, 0.4) is 0 Å². The third-order valence-electron chi connectivity index (χ3n) is 4.11. The van der Waals surface area contributed by atoms with E-state index in [1.165, 1.54) is 12.1 Å². The Kier molecular flexibility index (Phi) is 4.65. The van der Waals surface area contributed by atoms with Gasteiger partial charge in [-0.05, 0) is 36.5 Å². The highest BCUT2D eigenvalue weighted by atomic mass is 32.1. The first-order valence-electron chi connectivity index (χ1n) is 8.33. The van der Waals surface area contributed by atoms with Crippen molar-refractivity contribution in [2.24, 2.45) is 5.10 Å². The van der Waals surface area contributed by atoms with Crippen LogP contribution in [0.1, 0.15) is 5.69 Å². The Balaban J connectivity index is 1.68. The zero-order chi connectivity index (χ0) is 19.5. The fourth-order valence-corrected chi connectivity index (χ4v) is 2.94. The molecule has 0 fully saturated rings. The second kappa shape index (κ2) is 7.41. The molecule has 0 radical (unpaired) electrons. The van der Waals surface area contributed by atoms with Gasteiger partial charge in [-0.2, -0.15) is 14.9 Å². The van der Waals surface area contributed by atoms with Crippen LogP contribution in [-0.2, 0) is 0 Å². The first-order valence-corrected chi connectivity index (χ1v) is 8.74. The van der Waals surface area contributed by atoms with E-state index in [9.17, 15) is 10.1 Å². The Morgan fingerprint density at radius 3 is 2.54 bits per heavy atom. The number of nitrogens with zero attached hydrogens (tertiary/aromatic N) is 5. The van der Waals surface area contributed by atoms with Gasteiger partial charge in [-0.25, -0.2) is 5.10 Å². The third-order valence-corrected chi connectivity index (χ3v) is 4.37. The normalized spacial score (nSPS) is 11.1. The van der Waals surface area contributed by atoms with E-state index >= 15 is 0 Å². The van der Waals surface area contributed by atoms with Gasteiger partial charge in [-0.1, -0.05) is 30.3 Å². The first kappa shape index (κ1) is 17.6. The predicted octanol–water partition coefficient (Wildman–Crippen LogP) is 4.19. The number of aromatic amines is 1. The van der Waals surface area contributed by atoms with E-state index in [0.29, 0.717) is 10.6 Å². The maximum atomic E-state index is 10.8. The Hall–Kier alpha value is -3.85. The fourth-order valence-electron chi connectivity index (χ4n) is 2.76. The van der Waals surface area contributed by atoms with E-state index in [2.05, 4.69) is 15.3 Å². The summed E-state index contributed by atoms with van der Waals surface area (Å²) in [6.07, 6.45) is 3.52. The van der Waals surface area contributed by atoms with E-state index in [1.807, 2.05) is 53.2 Å². The van der Waals surface area contributed by atoms with E-state index in [0.717, 1.165) is 16.9 Å². The largest absolute Gasteiger partial charge is 0.316 e. The summed E-state index contributed by atoms with van der Waals surface area (Å²) in [6, 6.07) is 19.7. The van der Waals surface area contributed by atoms with Gasteiger partial charge in [-0.3, -0.25) is 10.1 Å². The van der Waals surface area contributed by atoms with Crippen LogP contribution in [0, 0.1) is 14.9 Å². The standard InChI is InChI=1S/C19H14N6O2S/c26-25(27)16-10-8-15(9-11-16)23-12-4-7-17(23)13-20-24-18(21-22-19(24)28)14-5-2-1-3-6-14/h1-13H,(H,22,28). The number of aromatic nitrogens is 4. The zero-order valence-corrected chi connectivity index (χ0v) is 15.3. The number of rotatable bonds is 5. The molecule has 1 N–H and O–H groups in total. The maximum Gasteiger partial charge on any atom is 0.269 e. The minimum atomic E-state index is -0.423. The van der Waals surface area contributed by atoms with Crippen LogP contribution in [0.5, 0.6) is 0 Å². The number of nitrogens with one attached hydrogen (secondary N) is 1. The molecule has 4 aromatic rings. The maximum absolute atomic E-state index is 10.8. The average Bonchev–Trinajstić information content (AvgIpc) is 3.33. The summed E-state index contributed by atoms with van der Waals surface area (Å²) in [5.41, 5.74) is 2.51. The number of hydrogen-bond acceptors (Lipinski definition) is 5. The molecule has 0 saturated carbocycles. The summed E-state index contributed by atoms with van der Waals surface area (Å²) in [5, 5.41) is 22.3. The van der Waals surface area contributed by atoms with Crippen molar-refractivity contribution in [1.82, 2.24) is 19.4 Å². The molecule has 28 heavy (non-hydrogen) atoms. The van der Waals surface area contributed by atoms with Crippen LogP contribution in [0.15, 0.2) is 78.0 Å². The molecular formula is C19H14N6O2S. The van der Waals surface area contributed by atoms with Crippen molar-refractivity contribution in [3.05, 3.63) is 93.5 Å². The molecule has 0 spiro atoms. The molecular weight excluding hydrogens is 376 g/mol. The fraction of sp³-hybridized carbons (Fsp3) is 0. The quantitative estimate of drug-likeness (QED) is 0.239. The smallest absolute Gasteiger partial charge is 0.269 e. The molecule has 138 valence electrons. The molecule has 0 unspecified atom stereocenters. The van der Waals surface area contributed by atoms with Crippen molar-refractivity contribution >= 4 is 24.1 Å². The number of benzene rings is 2. The van der Waals surface area contributed by atoms with Gasteiger partial charge in [0, 0.05) is 29.6 Å². The van der Waals surface area contributed by atoms with Crippen LogP contribution < -0.4 is 0 Å². The third kappa shape index (κ3) is 3.38. The Bertz CT molecular complexity index is 1210. The second-order valence-electron chi connectivity index (χ2n) is 5.85. The molecule has 0 bridgehead atoms. The first-order chi connectivity index (χ1) is 13.6. The average molecular weight is 390 g/mol. The summed E-state index contributed by atoms with van der Waals surface area (Å²) in [7, 11) is 0. The topological polar surface area (TPSA) is 94.0 Å². The van der Waals surface area contributed by atoms with Crippen molar-refractivity contribution < 1.29 is 4.92 Å². The molecule has 2 heterocycles. The van der Waals surface area contributed by atoms with Gasteiger partial charge in [0.2, 0.25) is 4.77 Å². The molecule has 4 rings (SSSR count). The number of H-pyrrole nitrogens is 1. The summed E-state index contributed by atoms with van der Waals surface area (Å²) in [6.45, 7) is 0. The highest BCUT2D eigenvalue weighted by Crippen LogP contribution is 2.18. The van der Waals surface area contributed by atoms with Gasteiger partial charge in [0.05, 0.1) is 16.8 Å². The Labute approximate surface area is 164 Å². The van der Waals surface area contributed by atoms with Crippen molar-refractivity contribution in [1.29, 1.82) is 0 Å². The van der Waals surface area contributed by atoms with Gasteiger partial charge >= 0.3 is 0 Å². The zero-order valence-electron chi connectivity index (χ0n) is 14.5. The molecule has 8 nitrogen and oxygen atoms in total. The molecule has 0 saturated heterocycles. The number of nitro benzene ring substituents is 1. The molecule has 9 heteroatoms. The van der Waals surface area contributed by atoms with Gasteiger partial charge in [0.25, 0.3) is 5.69 Å². The van der Waals surface area contributed by atoms with Crippen molar-refractivity contribution in [2.75, 3.05) is 0 Å². The van der Waals surface area contributed by atoms with Crippen LogP contribution in [0.4, 0.5) is 5.69 Å². The van der Waals surface area contributed by atoms with Gasteiger partial charge < -0.3 is 4.57 Å². The van der Waals surface area contributed by atoms with Crippen LogP contribution in [0.2, 0.25) is 0 Å². The summed E-state index contributed by atoms with van der Waals surface area (Å²) in [4.78, 5) is 10.4. The molecule has 0 aliphatic heterocycles. The molecule has 0 amide bonds. The SMILES string of the molecule is O=[N+]([O-])c1ccc(-n2cccc2C=Nn2c(-c3ccccc3)n[nH]c2=S)cc1. The number of hydrogen-bond donors (Lipinski definition) is 1. The van der Waals surface area contributed by atoms with Crippen LogP contribution >= 0.6 is 12.2 Å². The molecule has 2 aromatic carbocycles.